The molecule has 0 heterocycles. The van der Waals surface area contributed by atoms with Gasteiger partial charge < -0.3 is 31.4 Å². The number of hydrogen-bond acceptors (Lipinski definition) is 5. The van der Waals surface area contributed by atoms with Crippen LogP contribution in [0.15, 0.2) is 47.5 Å². The van der Waals surface area contributed by atoms with E-state index in [1.807, 2.05) is 18.2 Å². The van der Waals surface area contributed by atoms with Gasteiger partial charge in [-0.1, -0.05) is 18.2 Å². The number of amides is 1. The average Bonchev–Trinajstić information content (AvgIpc) is 3.31. The molecule has 176 valence electrons. The molecule has 6 N–H and O–H groups in total. The lowest BCUT2D eigenvalue weighted by atomic mass is 10.0. The quantitative estimate of drug-likeness (QED) is 0.333. The second kappa shape index (κ2) is 11.3. The number of carboxylic acids is 1. The zero-order valence-electron chi connectivity index (χ0n) is 18.6. The fourth-order valence-electron chi connectivity index (χ4n) is 3.72. The minimum Gasteiger partial charge on any atom is -0.496 e. The van der Waals surface area contributed by atoms with Crippen LogP contribution in [0.25, 0.3) is 0 Å². The molecular formula is C24H30N4O5. The normalized spacial score (nSPS) is 15.2. The molecule has 33 heavy (non-hydrogen) atoms. The van der Waals surface area contributed by atoms with Crippen LogP contribution in [0.3, 0.4) is 0 Å². The molecule has 1 fully saturated rings. The third-order valence-electron chi connectivity index (χ3n) is 5.55. The molecule has 1 amide bonds. The molecule has 1 atom stereocenters. The fourth-order valence-corrected chi connectivity index (χ4v) is 3.72. The van der Waals surface area contributed by atoms with Gasteiger partial charge in [0.05, 0.1) is 25.3 Å². The number of hydrogen-bond donors (Lipinski definition) is 4. The number of benzene rings is 2. The van der Waals surface area contributed by atoms with Gasteiger partial charge in [-0.3, -0.25) is 9.59 Å². The van der Waals surface area contributed by atoms with Crippen molar-refractivity contribution in [1.82, 2.24) is 5.32 Å². The van der Waals surface area contributed by atoms with Crippen LogP contribution < -0.4 is 26.3 Å². The number of rotatable bonds is 9. The van der Waals surface area contributed by atoms with Crippen LogP contribution in [0.1, 0.15) is 47.2 Å². The van der Waals surface area contributed by atoms with Crippen LogP contribution in [0.4, 0.5) is 0 Å². The Morgan fingerprint density at radius 3 is 2.45 bits per heavy atom. The van der Waals surface area contributed by atoms with Gasteiger partial charge in [-0.2, -0.15) is 4.99 Å². The summed E-state index contributed by atoms with van der Waals surface area (Å²) in [6.45, 7) is 0.278. The number of aliphatic carboxylic acids is 1. The summed E-state index contributed by atoms with van der Waals surface area (Å²) in [5.74, 6) is -0.244. The maximum atomic E-state index is 12.5. The molecule has 0 aliphatic heterocycles. The number of guanidine groups is 1. The van der Waals surface area contributed by atoms with Crippen molar-refractivity contribution in [3.05, 3.63) is 59.2 Å². The first-order chi connectivity index (χ1) is 15.9. The Hall–Kier alpha value is -3.59. The molecule has 0 aromatic heterocycles. The van der Waals surface area contributed by atoms with Crippen molar-refractivity contribution in [2.24, 2.45) is 16.5 Å². The second-order valence-electron chi connectivity index (χ2n) is 7.96. The van der Waals surface area contributed by atoms with E-state index >= 15 is 0 Å². The largest absolute Gasteiger partial charge is 0.496 e. The number of nitrogens with zero attached hydrogens (tertiary/aromatic N) is 1. The van der Waals surface area contributed by atoms with E-state index in [0.717, 1.165) is 37.0 Å². The van der Waals surface area contributed by atoms with Gasteiger partial charge in [0.15, 0.2) is 5.96 Å². The van der Waals surface area contributed by atoms with Gasteiger partial charge in [0.2, 0.25) is 0 Å². The lowest BCUT2D eigenvalue weighted by molar-refractivity contribution is -0.138. The average molecular weight is 455 g/mol. The van der Waals surface area contributed by atoms with Crippen molar-refractivity contribution in [3.8, 4) is 11.5 Å². The highest BCUT2D eigenvalue weighted by atomic mass is 16.5. The van der Waals surface area contributed by atoms with E-state index in [9.17, 15) is 9.59 Å². The van der Waals surface area contributed by atoms with E-state index in [-0.39, 0.29) is 25.0 Å². The molecule has 0 spiro atoms. The first-order valence-electron chi connectivity index (χ1n) is 10.9. The van der Waals surface area contributed by atoms with E-state index in [0.29, 0.717) is 16.9 Å². The number of carbonyl (C=O) groups excluding carboxylic acids is 1. The van der Waals surface area contributed by atoms with Gasteiger partial charge in [0.25, 0.3) is 5.91 Å². The molecule has 0 radical (unpaired) electrons. The molecule has 2 aromatic rings. The molecule has 1 aliphatic rings. The van der Waals surface area contributed by atoms with Gasteiger partial charge in [-0.25, -0.2) is 0 Å². The van der Waals surface area contributed by atoms with Crippen LogP contribution in [0.2, 0.25) is 0 Å². The van der Waals surface area contributed by atoms with Crippen LogP contribution in [-0.2, 0) is 17.8 Å². The summed E-state index contributed by atoms with van der Waals surface area (Å²) in [5, 5.41) is 11.9. The van der Waals surface area contributed by atoms with E-state index in [1.165, 1.54) is 0 Å². The molecule has 1 unspecified atom stereocenters. The number of methoxy groups -OCH3 is 1. The van der Waals surface area contributed by atoms with E-state index < -0.39 is 17.9 Å². The number of ether oxygens (including phenoxy) is 2. The summed E-state index contributed by atoms with van der Waals surface area (Å²) >= 11 is 0. The standard InChI is InChI=1S/C24H30N4O5/c1-32-20-7-4-8-21(33-17-5-2-3-6-17)18(20)14-27-24(26)28-22(29)16-11-9-15(10-12-16)13-19(25)23(30)31/h4,7-12,17,19H,2-3,5-6,13-14,25H2,1H3,(H,30,31)(H3,26,27,28,29). The number of carboxylic acid groups (broad SMARTS) is 1. The molecule has 1 aliphatic carbocycles. The Bertz CT molecular complexity index is 1000. The summed E-state index contributed by atoms with van der Waals surface area (Å²) in [5.41, 5.74) is 13.3. The third kappa shape index (κ3) is 6.69. The van der Waals surface area contributed by atoms with Gasteiger partial charge in [0, 0.05) is 5.56 Å². The van der Waals surface area contributed by atoms with Crippen LogP contribution >= 0.6 is 0 Å². The summed E-state index contributed by atoms with van der Waals surface area (Å²) in [6, 6.07) is 11.0. The maximum Gasteiger partial charge on any atom is 0.320 e. The minimum absolute atomic E-state index is 0.0327. The van der Waals surface area contributed by atoms with Crippen LogP contribution in [-0.4, -0.2) is 42.2 Å². The highest BCUT2D eigenvalue weighted by Gasteiger charge is 2.20. The van der Waals surface area contributed by atoms with E-state index in [1.54, 1.807) is 31.4 Å². The van der Waals surface area contributed by atoms with Crippen LogP contribution in [0.5, 0.6) is 11.5 Å². The lowest BCUT2D eigenvalue weighted by Gasteiger charge is -2.19. The first-order valence-corrected chi connectivity index (χ1v) is 10.9. The van der Waals surface area contributed by atoms with Gasteiger partial charge >= 0.3 is 5.97 Å². The molecule has 2 aromatic carbocycles. The molecular weight excluding hydrogens is 424 g/mol. The van der Waals surface area contributed by atoms with E-state index in [2.05, 4.69) is 10.3 Å². The summed E-state index contributed by atoms with van der Waals surface area (Å²) in [4.78, 5) is 27.2. The van der Waals surface area contributed by atoms with Crippen molar-refractivity contribution in [2.75, 3.05) is 7.11 Å². The predicted molar refractivity (Wildman–Crippen MR) is 124 cm³/mol. The van der Waals surface area contributed by atoms with Gasteiger partial charge in [0.1, 0.15) is 17.5 Å². The Morgan fingerprint density at radius 2 is 1.82 bits per heavy atom. The zero-order valence-corrected chi connectivity index (χ0v) is 18.6. The SMILES string of the molecule is COc1cccc(OC2CCCC2)c1CNC(N)=NC(=O)c1ccc(CC(N)C(=O)O)cc1. The summed E-state index contributed by atoms with van der Waals surface area (Å²) in [7, 11) is 1.59. The fraction of sp³-hybridized carbons (Fsp3) is 0.375. The monoisotopic (exact) mass is 454 g/mol. The highest BCUT2D eigenvalue weighted by Crippen LogP contribution is 2.32. The predicted octanol–water partition coefficient (Wildman–Crippen LogP) is 2.22. The molecule has 0 saturated heterocycles. The highest BCUT2D eigenvalue weighted by molar-refractivity contribution is 6.02. The smallest absolute Gasteiger partial charge is 0.320 e. The van der Waals surface area contributed by atoms with Gasteiger partial charge in [-0.05, 0) is 61.9 Å². The van der Waals surface area contributed by atoms with Crippen molar-refractivity contribution in [3.63, 3.8) is 0 Å². The van der Waals surface area contributed by atoms with Crippen molar-refractivity contribution < 1.29 is 24.2 Å². The Morgan fingerprint density at radius 1 is 1.15 bits per heavy atom. The molecule has 9 nitrogen and oxygen atoms in total. The van der Waals surface area contributed by atoms with Gasteiger partial charge in [-0.15, -0.1) is 0 Å². The van der Waals surface area contributed by atoms with Crippen LogP contribution in [0, 0.1) is 0 Å². The molecule has 3 rings (SSSR count). The minimum atomic E-state index is -1.08. The van der Waals surface area contributed by atoms with E-state index in [4.69, 9.17) is 26.0 Å². The topological polar surface area (TPSA) is 149 Å². The number of nitrogens with one attached hydrogen (secondary N) is 1. The number of carbonyl (C=O) groups is 2. The number of nitrogens with two attached hydrogens (primary N) is 2. The lowest BCUT2D eigenvalue weighted by Crippen LogP contribution is -2.32. The summed E-state index contributed by atoms with van der Waals surface area (Å²) < 4.78 is 11.6. The third-order valence-corrected chi connectivity index (χ3v) is 5.55. The number of aliphatic imine (C=N–C) groups is 1. The first kappa shape index (κ1) is 24.1. The Kier molecular flexibility index (Phi) is 8.26. The summed E-state index contributed by atoms with van der Waals surface area (Å²) in [6.07, 6.45) is 4.75. The van der Waals surface area contributed by atoms with Crippen molar-refractivity contribution >= 4 is 17.8 Å². The molecule has 9 heteroatoms. The zero-order chi connectivity index (χ0) is 23.8. The Labute approximate surface area is 192 Å². The van der Waals surface area contributed by atoms with Crippen molar-refractivity contribution in [2.45, 2.75) is 50.8 Å². The maximum absolute atomic E-state index is 12.5. The second-order valence-corrected chi connectivity index (χ2v) is 7.96. The molecule has 1 saturated carbocycles. The van der Waals surface area contributed by atoms with Crippen molar-refractivity contribution in [1.29, 1.82) is 0 Å². The Balaban J connectivity index is 1.64. The molecule has 0 bridgehead atoms.